The summed E-state index contributed by atoms with van der Waals surface area (Å²) in [6, 6.07) is 13.7. The number of nitrogens with one attached hydrogen (secondary N) is 3. The zero-order valence-electron chi connectivity index (χ0n) is 20.9. The highest BCUT2D eigenvalue weighted by Crippen LogP contribution is 2.50. The lowest BCUT2D eigenvalue weighted by Crippen LogP contribution is -2.50. The molecule has 3 aliphatic rings. The SMILES string of the molecule is C=CC(=O)NC1CCC(NC(=O)[C@@H]2Sc3nccc4c3[C@@H]2NC(=O)N4c2ccc(Oc3ccccc3)nc2)C1. The van der Waals surface area contributed by atoms with Gasteiger partial charge in [-0.2, -0.15) is 0 Å². The van der Waals surface area contributed by atoms with Gasteiger partial charge in [-0.25, -0.2) is 14.8 Å². The quantitative estimate of drug-likeness (QED) is 0.386. The van der Waals surface area contributed by atoms with Crippen LogP contribution in [0.3, 0.4) is 0 Å². The first kappa shape index (κ1) is 24.9. The first-order chi connectivity index (χ1) is 19.0. The summed E-state index contributed by atoms with van der Waals surface area (Å²) in [5.74, 6) is 0.702. The molecule has 11 heteroatoms. The number of rotatable bonds is 7. The molecule has 2 unspecified atom stereocenters. The highest BCUT2D eigenvalue weighted by molar-refractivity contribution is 8.01. The number of hydrogen-bond donors (Lipinski definition) is 3. The lowest BCUT2D eigenvalue weighted by molar-refractivity contribution is -0.121. The maximum absolute atomic E-state index is 13.4. The zero-order chi connectivity index (χ0) is 26.9. The number of carbonyl (C=O) groups excluding carboxylic acids is 3. The average Bonchev–Trinajstić information content (AvgIpc) is 3.55. The number of hydrogen-bond acceptors (Lipinski definition) is 7. The van der Waals surface area contributed by atoms with Gasteiger partial charge in [0, 0.05) is 29.9 Å². The third kappa shape index (κ3) is 4.92. The van der Waals surface area contributed by atoms with Crippen LogP contribution in [0, 0.1) is 0 Å². The third-order valence-electron chi connectivity index (χ3n) is 7.02. The van der Waals surface area contributed by atoms with Crippen molar-refractivity contribution >= 4 is 41.0 Å². The fourth-order valence-corrected chi connectivity index (χ4v) is 6.48. The molecule has 198 valence electrons. The van der Waals surface area contributed by atoms with Crippen LogP contribution in [0.4, 0.5) is 16.2 Å². The van der Waals surface area contributed by atoms with Gasteiger partial charge in [-0.1, -0.05) is 36.5 Å². The number of urea groups is 1. The van der Waals surface area contributed by atoms with Gasteiger partial charge in [-0.05, 0) is 49.6 Å². The van der Waals surface area contributed by atoms with Gasteiger partial charge in [0.25, 0.3) is 0 Å². The molecule has 1 aliphatic carbocycles. The van der Waals surface area contributed by atoms with E-state index in [4.69, 9.17) is 4.74 Å². The van der Waals surface area contributed by atoms with Gasteiger partial charge < -0.3 is 20.7 Å². The van der Waals surface area contributed by atoms with E-state index in [9.17, 15) is 14.4 Å². The molecule has 3 N–H and O–H groups in total. The van der Waals surface area contributed by atoms with Crippen molar-refractivity contribution in [2.45, 2.75) is 47.7 Å². The largest absolute Gasteiger partial charge is 0.439 e. The molecular weight excluding hydrogens is 516 g/mol. The number of para-hydroxylation sites is 1. The van der Waals surface area contributed by atoms with Crippen LogP contribution in [-0.4, -0.2) is 45.1 Å². The minimum atomic E-state index is -0.554. The van der Waals surface area contributed by atoms with Crippen molar-refractivity contribution in [3.05, 3.63) is 79.1 Å². The van der Waals surface area contributed by atoms with Crippen LogP contribution in [0.25, 0.3) is 0 Å². The van der Waals surface area contributed by atoms with Crippen LogP contribution >= 0.6 is 11.8 Å². The summed E-state index contributed by atoms with van der Waals surface area (Å²) >= 11 is 1.35. The lowest BCUT2D eigenvalue weighted by atomic mass is 10.00. The van der Waals surface area contributed by atoms with Crippen LogP contribution in [0.5, 0.6) is 11.6 Å². The van der Waals surface area contributed by atoms with Crippen molar-refractivity contribution in [1.82, 2.24) is 25.9 Å². The van der Waals surface area contributed by atoms with E-state index in [1.165, 1.54) is 17.8 Å². The van der Waals surface area contributed by atoms with Crippen molar-refractivity contribution in [1.29, 1.82) is 0 Å². The fraction of sp³-hybridized carbons (Fsp3) is 0.250. The Hall–Kier alpha value is -4.38. The maximum atomic E-state index is 13.4. The summed E-state index contributed by atoms with van der Waals surface area (Å²) in [4.78, 5) is 48.8. The van der Waals surface area contributed by atoms with Crippen molar-refractivity contribution in [2.24, 2.45) is 0 Å². The van der Waals surface area contributed by atoms with Crippen molar-refractivity contribution in [3.8, 4) is 11.6 Å². The molecule has 3 aromatic rings. The Morgan fingerprint density at radius 1 is 1.08 bits per heavy atom. The molecule has 1 aromatic carbocycles. The molecule has 6 rings (SSSR count). The molecule has 4 amide bonds. The van der Waals surface area contributed by atoms with Crippen LogP contribution in [0.15, 0.2) is 78.6 Å². The predicted molar refractivity (Wildman–Crippen MR) is 146 cm³/mol. The summed E-state index contributed by atoms with van der Waals surface area (Å²) in [6.07, 6.45) is 6.69. The Labute approximate surface area is 229 Å². The van der Waals surface area contributed by atoms with Crippen LogP contribution < -0.4 is 25.6 Å². The summed E-state index contributed by atoms with van der Waals surface area (Å²) in [7, 11) is 0. The maximum Gasteiger partial charge on any atom is 0.327 e. The minimum Gasteiger partial charge on any atom is -0.439 e. The molecule has 2 aromatic heterocycles. The van der Waals surface area contributed by atoms with E-state index in [-0.39, 0.29) is 29.9 Å². The molecule has 0 spiro atoms. The summed E-state index contributed by atoms with van der Waals surface area (Å²) in [5, 5.41) is 9.18. The number of amides is 4. The topological polar surface area (TPSA) is 126 Å². The Kier molecular flexibility index (Phi) is 6.65. The van der Waals surface area contributed by atoms with E-state index >= 15 is 0 Å². The molecule has 1 fully saturated rings. The van der Waals surface area contributed by atoms with E-state index in [1.54, 1.807) is 35.5 Å². The van der Waals surface area contributed by atoms with Gasteiger partial charge in [0.05, 0.1) is 23.6 Å². The van der Waals surface area contributed by atoms with E-state index in [1.807, 2.05) is 30.3 Å². The first-order valence-electron chi connectivity index (χ1n) is 12.7. The highest BCUT2D eigenvalue weighted by Gasteiger charge is 2.47. The first-order valence-corrected chi connectivity index (χ1v) is 13.6. The standard InChI is InChI=1S/C28H26N6O4S/c1-2-21(35)31-16-8-9-17(14-16)32-26(36)25-24-23-20(12-13-29-27(23)39-25)34(28(37)33-24)18-10-11-22(30-15-18)38-19-6-4-3-5-7-19/h2-7,10-13,15-17,24-25H,1,8-9,14H2,(H,31,35)(H,32,36)(H,33,37)/t16?,17?,24-,25+/m0/s1. The molecule has 10 nitrogen and oxygen atoms in total. The molecule has 0 bridgehead atoms. The lowest BCUT2D eigenvalue weighted by Gasteiger charge is -2.34. The number of thioether (sulfide) groups is 1. The Balaban J connectivity index is 1.18. The molecule has 1 saturated carbocycles. The highest BCUT2D eigenvalue weighted by atomic mass is 32.2. The molecule has 39 heavy (non-hydrogen) atoms. The second-order valence-electron chi connectivity index (χ2n) is 9.55. The van der Waals surface area contributed by atoms with Crippen LogP contribution in [-0.2, 0) is 9.59 Å². The third-order valence-corrected chi connectivity index (χ3v) is 8.31. The van der Waals surface area contributed by atoms with Gasteiger partial charge in [0.2, 0.25) is 17.7 Å². The van der Waals surface area contributed by atoms with Gasteiger partial charge in [0.15, 0.2) is 0 Å². The van der Waals surface area contributed by atoms with Gasteiger partial charge >= 0.3 is 6.03 Å². The molecule has 0 radical (unpaired) electrons. The summed E-state index contributed by atoms with van der Waals surface area (Å²) < 4.78 is 5.78. The van der Waals surface area contributed by atoms with Gasteiger partial charge in [-0.3, -0.25) is 14.5 Å². The number of pyridine rings is 2. The summed E-state index contributed by atoms with van der Waals surface area (Å²) in [6.45, 7) is 3.48. The second-order valence-corrected chi connectivity index (χ2v) is 10.7. The number of benzene rings is 1. The molecule has 4 atom stereocenters. The zero-order valence-corrected chi connectivity index (χ0v) is 21.7. The minimum absolute atomic E-state index is 0.00327. The van der Waals surface area contributed by atoms with Gasteiger partial charge in [-0.15, -0.1) is 0 Å². The molecule has 0 saturated heterocycles. The van der Waals surface area contributed by atoms with E-state index in [0.717, 1.165) is 18.4 Å². The molecule has 4 heterocycles. The fourth-order valence-electron chi connectivity index (χ4n) is 5.24. The van der Waals surface area contributed by atoms with E-state index in [0.29, 0.717) is 34.5 Å². The van der Waals surface area contributed by atoms with Gasteiger partial charge in [0.1, 0.15) is 16.0 Å². The Bertz CT molecular complexity index is 1430. The van der Waals surface area contributed by atoms with E-state index in [2.05, 4.69) is 32.5 Å². The number of aromatic nitrogens is 2. The summed E-state index contributed by atoms with van der Waals surface area (Å²) in [5.41, 5.74) is 2.05. The van der Waals surface area contributed by atoms with Crippen molar-refractivity contribution < 1.29 is 19.1 Å². The second kappa shape index (κ2) is 10.4. The number of nitrogens with zero attached hydrogens (tertiary/aromatic N) is 3. The van der Waals surface area contributed by atoms with Crippen molar-refractivity contribution in [3.63, 3.8) is 0 Å². The normalized spacial score (nSPS) is 23.0. The number of anilines is 2. The molecule has 2 aliphatic heterocycles. The Morgan fingerprint density at radius 3 is 2.62 bits per heavy atom. The monoisotopic (exact) mass is 542 g/mol. The van der Waals surface area contributed by atoms with Crippen LogP contribution in [0.2, 0.25) is 0 Å². The predicted octanol–water partition coefficient (Wildman–Crippen LogP) is 3.99. The van der Waals surface area contributed by atoms with E-state index < -0.39 is 11.3 Å². The average molecular weight is 543 g/mol. The Morgan fingerprint density at radius 2 is 1.87 bits per heavy atom. The smallest absolute Gasteiger partial charge is 0.327 e. The van der Waals surface area contributed by atoms with Crippen molar-refractivity contribution in [2.75, 3.05) is 4.90 Å². The number of carbonyl (C=O) groups is 3. The van der Waals surface area contributed by atoms with Crippen LogP contribution in [0.1, 0.15) is 30.9 Å². The number of ether oxygens (including phenoxy) is 1. The molecular formula is C28H26N6O4S.